The van der Waals surface area contributed by atoms with Gasteiger partial charge in [-0.15, -0.1) is 0 Å². The zero-order valence-electron chi connectivity index (χ0n) is 13.2. The number of nitrogens with zero attached hydrogens (tertiary/aromatic N) is 2. The number of ether oxygens (including phenoxy) is 1. The molecule has 128 valence electrons. The minimum atomic E-state index is -0.739. The van der Waals surface area contributed by atoms with Crippen LogP contribution in [0.2, 0.25) is 0 Å². The van der Waals surface area contributed by atoms with Gasteiger partial charge in [-0.2, -0.15) is 0 Å². The zero-order valence-corrected chi connectivity index (χ0v) is 13.2. The molecule has 1 aromatic carbocycles. The van der Waals surface area contributed by atoms with Crippen LogP contribution in [0.5, 0.6) is 0 Å². The van der Waals surface area contributed by atoms with E-state index in [9.17, 15) is 19.7 Å². The van der Waals surface area contributed by atoms with Crippen LogP contribution in [-0.4, -0.2) is 42.5 Å². The topological polar surface area (TPSA) is 102 Å². The summed E-state index contributed by atoms with van der Waals surface area (Å²) in [7, 11) is 0. The van der Waals surface area contributed by atoms with Gasteiger partial charge in [0.05, 0.1) is 10.5 Å². The fraction of sp³-hybridized carbons (Fsp3) is 0.500. The van der Waals surface area contributed by atoms with Crippen molar-refractivity contribution in [1.29, 1.82) is 0 Å². The first-order chi connectivity index (χ1) is 11.5. The second kappa shape index (κ2) is 6.86. The molecule has 1 N–H and O–H groups in total. The summed E-state index contributed by atoms with van der Waals surface area (Å²) < 4.78 is 4.93. The Bertz CT molecular complexity index is 666. The van der Waals surface area contributed by atoms with E-state index in [1.54, 1.807) is 6.07 Å². The third-order valence-corrected chi connectivity index (χ3v) is 4.13. The predicted octanol–water partition coefficient (Wildman–Crippen LogP) is 1.63. The van der Waals surface area contributed by atoms with Crippen LogP contribution >= 0.6 is 0 Å². The van der Waals surface area contributed by atoms with Gasteiger partial charge in [-0.25, -0.2) is 4.79 Å². The average Bonchev–Trinajstić information content (AvgIpc) is 3.21. The first-order valence-electron chi connectivity index (χ1n) is 8.04. The second-order valence-electron chi connectivity index (χ2n) is 6.07. The highest BCUT2D eigenvalue weighted by Crippen LogP contribution is 2.31. The summed E-state index contributed by atoms with van der Waals surface area (Å²) in [6, 6.07) is 4.48. The molecule has 24 heavy (non-hydrogen) atoms. The number of esters is 1. The minimum absolute atomic E-state index is 0.0730. The molecule has 8 nitrogen and oxygen atoms in total. The molecule has 8 heteroatoms. The van der Waals surface area contributed by atoms with Gasteiger partial charge < -0.3 is 15.0 Å². The van der Waals surface area contributed by atoms with Crippen molar-refractivity contribution >= 4 is 23.3 Å². The molecule has 1 aliphatic carbocycles. The largest absolute Gasteiger partial charge is 0.452 e. The van der Waals surface area contributed by atoms with Gasteiger partial charge in [0.25, 0.3) is 11.6 Å². The average molecular weight is 333 g/mol. The Morgan fingerprint density at radius 3 is 2.62 bits per heavy atom. The summed E-state index contributed by atoms with van der Waals surface area (Å²) in [6.07, 6.45) is 3.89. The van der Waals surface area contributed by atoms with Crippen LogP contribution < -0.4 is 10.2 Å². The molecular formula is C16H19N3O5. The lowest BCUT2D eigenvalue weighted by Crippen LogP contribution is -2.30. The summed E-state index contributed by atoms with van der Waals surface area (Å²) in [5.41, 5.74) is 0.471. The molecule has 0 atom stereocenters. The van der Waals surface area contributed by atoms with E-state index < -0.39 is 10.9 Å². The molecule has 2 fully saturated rings. The molecule has 1 saturated carbocycles. The maximum atomic E-state index is 12.0. The van der Waals surface area contributed by atoms with Crippen molar-refractivity contribution in [2.75, 3.05) is 24.6 Å². The van der Waals surface area contributed by atoms with Gasteiger partial charge in [0.15, 0.2) is 6.61 Å². The molecule has 1 amide bonds. The first kappa shape index (κ1) is 16.2. The van der Waals surface area contributed by atoms with Crippen molar-refractivity contribution in [3.63, 3.8) is 0 Å². The molecule has 1 heterocycles. The SMILES string of the molecule is O=C(COC(=O)c1ccc(N2CCCC2)c([N+](=O)[O-])c1)NC1CC1. The number of nitro benzene ring substituents is 1. The lowest BCUT2D eigenvalue weighted by Gasteiger charge is -2.17. The number of carbonyl (C=O) groups excluding carboxylic acids is 2. The maximum Gasteiger partial charge on any atom is 0.338 e. The molecule has 1 aliphatic heterocycles. The van der Waals surface area contributed by atoms with Crippen LogP contribution in [0.4, 0.5) is 11.4 Å². The number of nitrogens with one attached hydrogen (secondary N) is 1. The monoisotopic (exact) mass is 333 g/mol. The van der Waals surface area contributed by atoms with Crippen LogP contribution in [0, 0.1) is 10.1 Å². The highest BCUT2D eigenvalue weighted by atomic mass is 16.6. The normalized spacial score (nSPS) is 16.8. The Hall–Kier alpha value is -2.64. The number of nitro groups is 1. The smallest absolute Gasteiger partial charge is 0.338 e. The number of rotatable bonds is 6. The third kappa shape index (κ3) is 3.81. The van der Waals surface area contributed by atoms with Crippen molar-refractivity contribution in [2.24, 2.45) is 0 Å². The molecule has 3 rings (SSSR count). The third-order valence-electron chi connectivity index (χ3n) is 4.13. The molecule has 1 saturated heterocycles. The molecule has 0 spiro atoms. The summed E-state index contributed by atoms with van der Waals surface area (Å²) in [6.45, 7) is 1.16. The molecule has 0 radical (unpaired) electrons. The van der Waals surface area contributed by atoms with Crippen LogP contribution in [-0.2, 0) is 9.53 Å². The van der Waals surface area contributed by atoms with Crippen LogP contribution in [0.25, 0.3) is 0 Å². The van der Waals surface area contributed by atoms with E-state index >= 15 is 0 Å². The van der Waals surface area contributed by atoms with Crippen molar-refractivity contribution in [2.45, 2.75) is 31.7 Å². The highest BCUT2D eigenvalue weighted by Gasteiger charge is 2.26. The van der Waals surface area contributed by atoms with Gasteiger partial charge in [-0.05, 0) is 37.8 Å². The van der Waals surface area contributed by atoms with Crippen LogP contribution in [0.3, 0.4) is 0 Å². The first-order valence-corrected chi connectivity index (χ1v) is 8.04. The van der Waals surface area contributed by atoms with E-state index in [4.69, 9.17) is 4.74 Å². The number of benzene rings is 1. The van der Waals surface area contributed by atoms with E-state index in [2.05, 4.69) is 5.32 Å². The molecule has 0 unspecified atom stereocenters. The van der Waals surface area contributed by atoms with E-state index in [-0.39, 0.29) is 29.8 Å². The van der Waals surface area contributed by atoms with Crippen molar-refractivity contribution in [3.8, 4) is 0 Å². The molecule has 0 aromatic heterocycles. The second-order valence-corrected chi connectivity index (χ2v) is 6.07. The van der Waals surface area contributed by atoms with E-state index in [1.807, 2.05) is 4.90 Å². The van der Waals surface area contributed by atoms with E-state index in [1.165, 1.54) is 12.1 Å². The number of amides is 1. The lowest BCUT2D eigenvalue weighted by atomic mass is 10.1. The minimum Gasteiger partial charge on any atom is -0.452 e. The van der Waals surface area contributed by atoms with E-state index in [0.29, 0.717) is 5.69 Å². The Morgan fingerprint density at radius 1 is 1.29 bits per heavy atom. The number of anilines is 1. The van der Waals surface area contributed by atoms with E-state index in [0.717, 1.165) is 38.8 Å². The van der Waals surface area contributed by atoms with Gasteiger partial charge in [0.2, 0.25) is 0 Å². The predicted molar refractivity (Wildman–Crippen MR) is 86.0 cm³/mol. The van der Waals surface area contributed by atoms with Crippen LogP contribution in [0.15, 0.2) is 18.2 Å². The van der Waals surface area contributed by atoms with Gasteiger partial charge in [-0.3, -0.25) is 14.9 Å². The van der Waals surface area contributed by atoms with Crippen molar-refractivity contribution < 1.29 is 19.2 Å². The van der Waals surface area contributed by atoms with Crippen LogP contribution in [0.1, 0.15) is 36.0 Å². The fourth-order valence-corrected chi connectivity index (χ4v) is 2.73. The van der Waals surface area contributed by atoms with Gasteiger partial charge in [0.1, 0.15) is 5.69 Å². The summed E-state index contributed by atoms with van der Waals surface area (Å²) in [4.78, 5) is 36.3. The molecule has 1 aromatic rings. The quantitative estimate of drug-likeness (QED) is 0.482. The summed E-state index contributed by atoms with van der Waals surface area (Å²) >= 11 is 0. The van der Waals surface area contributed by atoms with Crippen molar-refractivity contribution in [3.05, 3.63) is 33.9 Å². The lowest BCUT2D eigenvalue weighted by molar-refractivity contribution is -0.384. The van der Waals surface area contributed by atoms with Gasteiger partial charge in [-0.1, -0.05) is 0 Å². The Morgan fingerprint density at radius 2 is 2.00 bits per heavy atom. The Balaban J connectivity index is 1.68. The summed E-state index contributed by atoms with van der Waals surface area (Å²) in [5, 5.41) is 14.0. The Kier molecular flexibility index (Phi) is 4.64. The molecule has 2 aliphatic rings. The Labute approximate surface area is 138 Å². The maximum absolute atomic E-state index is 12.0. The number of hydrogen-bond acceptors (Lipinski definition) is 6. The fourth-order valence-electron chi connectivity index (χ4n) is 2.73. The van der Waals surface area contributed by atoms with Crippen molar-refractivity contribution in [1.82, 2.24) is 5.32 Å². The van der Waals surface area contributed by atoms with Gasteiger partial charge in [0, 0.05) is 25.2 Å². The zero-order chi connectivity index (χ0) is 17.1. The highest BCUT2D eigenvalue weighted by molar-refractivity contribution is 5.93. The number of hydrogen-bond donors (Lipinski definition) is 1. The molecular weight excluding hydrogens is 314 g/mol. The standard InChI is InChI=1S/C16H19N3O5/c20-15(17-12-4-5-12)10-24-16(21)11-3-6-13(14(9-11)19(22)23)18-7-1-2-8-18/h3,6,9,12H,1-2,4-5,7-8,10H2,(H,17,20). The summed E-state index contributed by atoms with van der Waals surface area (Å²) in [5.74, 6) is -1.09. The van der Waals surface area contributed by atoms with Gasteiger partial charge >= 0.3 is 5.97 Å². The molecule has 0 bridgehead atoms. The number of carbonyl (C=O) groups is 2.